The molecular formula is C20H19FN2OS. The average Bonchev–Trinajstić information content (AvgIpc) is 3.11. The highest BCUT2D eigenvalue weighted by Crippen LogP contribution is 2.15. The van der Waals surface area contributed by atoms with Crippen molar-refractivity contribution in [2.75, 3.05) is 5.32 Å². The van der Waals surface area contributed by atoms with Crippen LogP contribution in [0.5, 0.6) is 0 Å². The summed E-state index contributed by atoms with van der Waals surface area (Å²) in [6, 6.07) is 18.2. The van der Waals surface area contributed by atoms with Crippen LogP contribution in [0.4, 0.5) is 10.1 Å². The number of hydrogen-bond acceptors (Lipinski definition) is 2. The number of benzene rings is 2. The summed E-state index contributed by atoms with van der Waals surface area (Å²) in [6.45, 7) is 3.13. The van der Waals surface area contributed by atoms with E-state index in [0.29, 0.717) is 18.2 Å². The summed E-state index contributed by atoms with van der Waals surface area (Å²) in [7, 11) is 0. The molecule has 0 bridgehead atoms. The fraction of sp³-hybridized carbons (Fsp3) is 0.150. The molecule has 0 spiro atoms. The molecule has 1 N–H and O–H groups in total. The van der Waals surface area contributed by atoms with E-state index in [2.05, 4.69) is 5.32 Å². The van der Waals surface area contributed by atoms with Gasteiger partial charge in [-0.3, -0.25) is 0 Å². The molecule has 0 saturated heterocycles. The lowest BCUT2D eigenvalue weighted by Gasteiger charge is -2.25. The molecule has 5 heteroatoms. The minimum atomic E-state index is -0.248. The van der Waals surface area contributed by atoms with Gasteiger partial charge in [-0.2, -0.15) is 0 Å². The zero-order valence-corrected chi connectivity index (χ0v) is 14.7. The zero-order chi connectivity index (χ0) is 17.6. The van der Waals surface area contributed by atoms with Crippen LogP contribution in [0.1, 0.15) is 16.9 Å². The summed E-state index contributed by atoms with van der Waals surface area (Å²) in [5, 5.41) is 3.84. The van der Waals surface area contributed by atoms with Crippen LogP contribution in [0.3, 0.4) is 0 Å². The van der Waals surface area contributed by atoms with Crippen molar-refractivity contribution < 1.29 is 8.81 Å². The first-order chi connectivity index (χ1) is 12.1. The minimum absolute atomic E-state index is 0.248. The summed E-state index contributed by atoms with van der Waals surface area (Å²) in [6.07, 6.45) is 1.64. The summed E-state index contributed by atoms with van der Waals surface area (Å²) >= 11 is 5.59. The van der Waals surface area contributed by atoms with Gasteiger partial charge in [-0.25, -0.2) is 4.39 Å². The third kappa shape index (κ3) is 4.90. The monoisotopic (exact) mass is 354 g/mol. The van der Waals surface area contributed by atoms with Crippen LogP contribution in [0.15, 0.2) is 71.3 Å². The fourth-order valence-electron chi connectivity index (χ4n) is 2.44. The lowest BCUT2D eigenvalue weighted by Crippen LogP contribution is -2.33. The van der Waals surface area contributed by atoms with E-state index < -0.39 is 0 Å². The van der Waals surface area contributed by atoms with E-state index >= 15 is 0 Å². The number of aryl methyl sites for hydroxylation is 1. The second-order valence-electron chi connectivity index (χ2n) is 5.86. The third-order valence-corrected chi connectivity index (χ3v) is 4.16. The normalized spacial score (nSPS) is 10.5. The van der Waals surface area contributed by atoms with Gasteiger partial charge in [0.15, 0.2) is 5.11 Å². The summed E-state index contributed by atoms with van der Waals surface area (Å²) in [4.78, 5) is 1.99. The summed E-state index contributed by atoms with van der Waals surface area (Å²) in [5.41, 5.74) is 3.09. The second kappa shape index (κ2) is 7.94. The summed E-state index contributed by atoms with van der Waals surface area (Å²) in [5.74, 6) is 0.567. The van der Waals surface area contributed by atoms with Gasteiger partial charge in [0.2, 0.25) is 0 Å². The maximum absolute atomic E-state index is 13.1. The van der Waals surface area contributed by atoms with Crippen molar-refractivity contribution in [3.63, 3.8) is 0 Å². The van der Waals surface area contributed by atoms with Gasteiger partial charge in [0.1, 0.15) is 11.6 Å². The molecule has 0 atom stereocenters. The number of anilines is 1. The first-order valence-corrected chi connectivity index (χ1v) is 8.40. The number of thiocarbonyl (C=S) groups is 1. The van der Waals surface area contributed by atoms with Crippen LogP contribution < -0.4 is 5.32 Å². The third-order valence-electron chi connectivity index (χ3n) is 3.80. The average molecular weight is 354 g/mol. The Balaban J connectivity index is 1.75. The van der Waals surface area contributed by atoms with Gasteiger partial charge in [-0.1, -0.05) is 29.8 Å². The predicted molar refractivity (Wildman–Crippen MR) is 102 cm³/mol. The van der Waals surface area contributed by atoms with E-state index in [-0.39, 0.29) is 5.82 Å². The van der Waals surface area contributed by atoms with E-state index in [1.54, 1.807) is 18.4 Å². The molecule has 0 aliphatic rings. The molecule has 0 amide bonds. The number of halogens is 1. The topological polar surface area (TPSA) is 28.4 Å². The smallest absolute Gasteiger partial charge is 0.174 e. The highest BCUT2D eigenvalue weighted by Gasteiger charge is 2.13. The van der Waals surface area contributed by atoms with Gasteiger partial charge in [-0.15, -0.1) is 0 Å². The molecule has 0 radical (unpaired) electrons. The Labute approximate surface area is 152 Å². The Morgan fingerprint density at radius 1 is 1.04 bits per heavy atom. The SMILES string of the molecule is Cc1ccc(NC(=S)N(Cc2ccc(F)cc2)Cc2ccco2)cc1. The Morgan fingerprint density at radius 2 is 1.76 bits per heavy atom. The Bertz CT molecular complexity index is 814. The van der Waals surface area contributed by atoms with Crippen molar-refractivity contribution in [1.82, 2.24) is 4.90 Å². The van der Waals surface area contributed by atoms with Crippen LogP contribution in [0, 0.1) is 12.7 Å². The molecule has 1 heterocycles. The maximum Gasteiger partial charge on any atom is 0.174 e. The lowest BCUT2D eigenvalue weighted by molar-refractivity contribution is 0.360. The van der Waals surface area contributed by atoms with E-state index in [1.807, 2.05) is 48.2 Å². The molecule has 0 aliphatic carbocycles. The first-order valence-electron chi connectivity index (χ1n) is 7.99. The van der Waals surface area contributed by atoms with Crippen molar-refractivity contribution in [2.45, 2.75) is 20.0 Å². The van der Waals surface area contributed by atoms with Gasteiger partial charge < -0.3 is 14.6 Å². The number of nitrogens with zero attached hydrogens (tertiary/aromatic N) is 1. The van der Waals surface area contributed by atoms with Crippen molar-refractivity contribution in [3.8, 4) is 0 Å². The quantitative estimate of drug-likeness (QED) is 0.643. The second-order valence-corrected chi connectivity index (χ2v) is 6.24. The molecule has 0 unspecified atom stereocenters. The van der Waals surface area contributed by atoms with E-state index in [4.69, 9.17) is 16.6 Å². The van der Waals surface area contributed by atoms with Crippen molar-refractivity contribution in [1.29, 1.82) is 0 Å². The molecule has 2 aromatic carbocycles. The van der Waals surface area contributed by atoms with Crippen LogP contribution in [0.2, 0.25) is 0 Å². The number of furan rings is 1. The molecule has 3 rings (SSSR count). The van der Waals surface area contributed by atoms with Crippen LogP contribution in [-0.2, 0) is 13.1 Å². The fourth-order valence-corrected chi connectivity index (χ4v) is 2.69. The van der Waals surface area contributed by atoms with Gasteiger partial charge in [0.25, 0.3) is 0 Å². The molecule has 1 aromatic heterocycles. The highest BCUT2D eigenvalue weighted by atomic mass is 32.1. The molecule has 0 aliphatic heterocycles. The van der Waals surface area contributed by atoms with Crippen LogP contribution in [0.25, 0.3) is 0 Å². The number of nitrogens with one attached hydrogen (secondary N) is 1. The van der Waals surface area contributed by atoms with Gasteiger partial charge in [0.05, 0.1) is 12.8 Å². The van der Waals surface area contributed by atoms with Gasteiger partial charge >= 0.3 is 0 Å². The Kier molecular flexibility index (Phi) is 5.46. The molecule has 3 aromatic rings. The molecule has 128 valence electrons. The first kappa shape index (κ1) is 17.2. The molecule has 0 saturated carbocycles. The molecule has 0 fully saturated rings. The van der Waals surface area contributed by atoms with E-state index in [9.17, 15) is 4.39 Å². The maximum atomic E-state index is 13.1. The molecule has 25 heavy (non-hydrogen) atoms. The van der Waals surface area contributed by atoms with E-state index in [1.165, 1.54) is 17.7 Å². The highest BCUT2D eigenvalue weighted by molar-refractivity contribution is 7.80. The van der Waals surface area contributed by atoms with Crippen LogP contribution in [-0.4, -0.2) is 10.0 Å². The summed E-state index contributed by atoms with van der Waals surface area (Å²) < 4.78 is 18.6. The number of hydrogen-bond donors (Lipinski definition) is 1. The van der Waals surface area contributed by atoms with Crippen LogP contribution >= 0.6 is 12.2 Å². The van der Waals surface area contributed by atoms with E-state index in [0.717, 1.165) is 17.0 Å². The van der Waals surface area contributed by atoms with Gasteiger partial charge in [-0.05, 0) is 61.1 Å². The van der Waals surface area contributed by atoms with Crippen molar-refractivity contribution in [2.24, 2.45) is 0 Å². The molecular weight excluding hydrogens is 335 g/mol. The Hall–Kier alpha value is -2.66. The van der Waals surface area contributed by atoms with Crippen molar-refractivity contribution in [3.05, 3.63) is 89.6 Å². The lowest BCUT2D eigenvalue weighted by atomic mass is 10.2. The van der Waals surface area contributed by atoms with Gasteiger partial charge in [0, 0.05) is 12.2 Å². The largest absolute Gasteiger partial charge is 0.467 e. The minimum Gasteiger partial charge on any atom is -0.467 e. The number of rotatable bonds is 5. The predicted octanol–water partition coefficient (Wildman–Crippen LogP) is 5.13. The standard InChI is InChI=1S/C20H19FN2OS/c1-15-4-10-18(11-5-15)22-20(25)23(14-19-3-2-12-24-19)13-16-6-8-17(21)9-7-16/h2-12H,13-14H2,1H3,(H,22,25). The Morgan fingerprint density at radius 3 is 2.40 bits per heavy atom. The molecule has 3 nitrogen and oxygen atoms in total. The van der Waals surface area contributed by atoms with Crippen molar-refractivity contribution >= 4 is 23.0 Å². The zero-order valence-electron chi connectivity index (χ0n) is 13.9.